The summed E-state index contributed by atoms with van der Waals surface area (Å²) in [5.41, 5.74) is 0.749. The number of Topliss-reactive ketones (excluding diaryl/α,β-unsaturated/α-hetero) is 1. The molecule has 0 aliphatic heterocycles. The first-order valence-corrected chi connectivity index (χ1v) is 14.0. The number of thiazole rings is 1. The summed E-state index contributed by atoms with van der Waals surface area (Å²) in [5.74, 6) is -5.64. The monoisotopic (exact) mass is 587 g/mol. The second kappa shape index (κ2) is 15.0. The predicted molar refractivity (Wildman–Crippen MR) is 152 cm³/mol. The molecule has 1 aromatic carbocycles. The minimum absolute atomic E-state index is 0.0436. The van der Waals surface area contributed by atoms with Gasteiger partial charge in [0.2, 0.25) is 23.5 Å². The maximum atomic E-state index is 13.2. The number of rotatable bonds is 15. The summed E-state index contributed by atoms with van der Waals surface area (Å²) in [4.78, 5) is 80.5. The molecule has 0 fully saturated rings. The van der Waals surface area contributed by atoms with Crippen molar-refractivity contribution >= 4 is 46.7 Å². The van der Waals surface area contributed by atoms with Crippen molar-refractivity contribution in [3.63, 3.8) is 0 Å². The van der Waals surface area contributed by atoms with Gasteiger partial charge in [-0.15, -0.1) is 11.3 Å². The van der Waals surface area contributed by atoms with E-state index in [0.717, 1.165) is 10.4 Å². The molecule has 222 valence electrons. The van der Waals surface area contributed by atoms with E-state index in [1.54, 1.807) is 49.8 Å². The third-order valence-electron chi connectivity index (χ3n) is 6.48. The van der Waals surface area contributed by atoms with Gasteiger partial charge in [0.15, 0.2) is 0 Å². The lowest BCUT2D eigenvalue weighted by molar-refractivity contribution is -0.147. The molecule has 0 aliphatic rings. The number of carboxylic acid groups (broad SMARTS) is 1. The Labute approximate surface area is 242 Å². The van der Waals surface area contributed by atoms with E-state index in [1.807, 2.05) is 6.07 Å². The van der Waals surface area contributed by atoms with E-state index in [2.05, 4.69) is 26.3 Å². The van der Waals surface area contributed by atoms with Crippen molar-refractivity contribution in [3.8, 4) is 0 Å². The Hall–Kier alpha value is -4.13. The molecule has 5 N–H and O–H groups in total. The Morgan fingerprint density at radius 2 is 1.63 bits per heavy atom. The van der Waals surface area contributed by atoms with Crippen LogP contribution in [0.3, 0.4) is 0 Å². The van der Waals surface area contributed by atoms with Crippen LogP contribution in [0.1, 0.15) is 51.5 Å². The number of amides is 4. The highest BCUT2D eigenvalue weighted by Gasteiger charge is 2.36. The van der Waals surface area contributed by atoms with Gasteiger partial charge in [0.25, 0.3) is 5.91 Å². The quantitative estimate of drug-likeness (QED) is 0.191. The van der Waals surface area contributed by atoms with E-state index < -0.39 is 65.0 Å². The average Bonchev–Trinajstić information content (AvgIpc) is 3.43. The molecule has 4 amide bonds. The number of hydrogen-bond donors (Lipinski definition) is 5. The topological polar surface area (TPSA) is 184 Å². The van der Waals surface area contributed by atoms with E-state index >= 15 is 0 Å². The maximum absolute atomic E-state index is 13.2. The maximum Gasteiger partial charge on any atom is 0.328 e. The largest absolute Gasteiger partial charge is 0.480 e. The van der Waals surface area contributed by atoms with E-state index in [-0.39, 0.29) is 12.8 Å². The van der Waals surface area contributed by atoms with E-state index in [1.165, 1.54) is 32.1 Å². The number of nitrogens with zero attached hydrogens (tertiary/aromatic N) is 1. The lowest BCUT2D eigenvalue weighted by Crippen LogP contribution is -2.60. The second-order valence-electron chi connectivity index (χ2n) is 10.3. The molecule has 0 spiro atoms. The van der Waals surface area contributed by atoms with Crippen LogP contribution < -0.4 is 21.3 Å². The van der Waals surface area contributed by atoms with Crippen molar-refractivity contribution in [2.45, 2.75) is 77.5 Å². The van der Waals surface area contributed by atoms with E-state index in [9.17, 15) is 33.9 Å². The zero-order chi connectivity index (χ0) is 30.7. The molecule has 3 unspecified atom stereocenters. The summed E-state index contributed by atoms with van der Waals surface area (Å²) < 4.78 is 0. The Morgan fingerprint density at radius 1 is 0.976 bits per heavy atom. The summed E-state index contributed by atoms with van der Waals surface area (Å²) in [5, 5.41) is 19.3. The Bertz CT molecular complexity index is 1230. The lowest BCUT2D eigenvalue weighted by Gasteiger charge is -2.28. The fourth-order valence-electron chi connectivity index (χ4n) is 3.71. The van der Waals surface area contributed by atoms with Gasteiger partial charge in [0.1, 0.15) is 17.6 Å². The van der Waals surface area contributed by atoms with Crippen LogP contribution in [0.2, 0.25) is 0 Å². The average molecular weight is 588 g/mol. The Balaban J connectivity index is 2.09. The number of hydrogen-bond acceptors (Lipinski definition) is 8. The van der Waals surface area contributed by atoms with Gasteiger partial charge in [0.05, 0.1) is 18.0 Å². The first-order chi connectivity index (χ1) is 19.2. The number of aliphatic carboxylic acids is 1. The van der Waals surface area contributed by atoms with Crippen molar-refractivity contribution in [1.29, 1.82) is 0 Å². The van der Waals surface area contributed by atoms with Crippen LogP contribution in [0.4, 0.5) is 0 Å². The van der Waals surface area contributed by atoms with Crippen molar-refractivity contribution < 1.29 is 33.9 Å². The molecular formula is C28H37N5O7S. The number of aromatic nitrogens is 1. The number of benzene rings is 1. The van der Waals surface area contributed by atoms with E-state index in [0.29, 0.717) is 6.42 Å². The molecule has 12 nitrogen and oxygen atoms in total. The molecule has 1 heterocycles. The molecule has 0 aliphatic carbocycles. The van der Waals surface area contributed by atoms with Gasteiger partial charge in [-0.25, -0.2) is 4.79 Å². The summed E-state index contributed by atoms with van der Waals surface area (Å²) in [7, 11) is 0. The highest BCUT2D eigenvalue weighted by molar-refractivity contribution is 7.09. The molecule has 0 bridgehead atoms. The molecule has 0 saturated heterocycles. The fourth-order valence-corrected chi connectivity index (χ4v) is 4.35. The standard InChI is InChI=1S/C28H37N5O7S/c1-6-16(2)22(25(37)33-28(4,5)27(39)40)32-26(38)23(35)17(3)30-24(36)20(13-19-14-29-15-41-19)31-21(34)12-18-10-8-7-9-11-18/h7-11,14-17,20,22H,6,12-13H2,1-5H3,(H,30,36)(H,31,34)(H,32,38)(H,33,37)(H,39,40)/t16?,17?,20-,22?/m0/s1. The molecular weight excluding hydrogens is 550 g/mol. The van der Waals surface area contributed by atoms with Crippen LogP contribution in [-0.2, 0) is 41.6 Å². The van der Waals surface area contributed by atoms with Crippen molar-refractivity contribution in [2.24, 2.45) is 5.92 Å². The van der Waals surface area contributed by atoms with Gasteiger partial charge in [-0.3, -0.25) is 29.0 Å². The summed E-state index contributed by atoms with van der Waals surface area (Å²) in [6.45, 7) is 7.37. The second-order valence-corrected chi connectivity index (χ2v) is 11.3. The van der Waals surface area contributed by atoms with Crippen LogP contribution in [0.15, 0.2) is 42.0 Å². The molecule has 0 saturated carbocycles. The fraction of sp³-hybridized carbons (Fsp3) is 0.464. The summed E-state index contributed by atoms with van der Waals surface area (Å²) >= 11 is 1.30. The van der Waals surface area contributed by atoms with Gasteiger partial charge in [-0.1, -0.05) is 50.6 Å². The van der Waals surface area contributed by atoms with Gasteiger partial charge < -0.3 is 26.4 Å². The van der Waals surface area contributed by atoms with Gasteiger partial charge in [-0.2, -0.15) is 0 Å². The highest BCUT2D eigenvalue weighted by Crippen LogP contribution is 2.12. The van der Waals surface area contributed by atoms with Gasteiger partial charge in [0, 0.05) is 17.5 Å². The third-order valence-corrected chi connectivity index (χ3v) is 7.28. The Morgan fingerprint density at radius 3 is 2.20 bits per heavy atom. The zero-order valence-corrected chi connectivity index (χ0v) is 24.5. The number of nitrogens with one attached hydrogen (secondary N) is 4. The number of carboxylic acids is 1. The third kappa shape index (κ3) is 10.1. The molecule has 13 heteroatoms. The van der Waals surface area contributed by atoms with Crippen molar-refractivity contribution in [1.82, 2.24) is 26.3 Å². The summed E-state index contributed by atoms with van der Waals surface area (Å²) in [6, 6.07) is 5.48. The smallest absolute Gasteiger partial charge is 0.328 e. The molecule has 4 atom stereocenters. The highest BCUT2D eigenvalue weighted by atomic mass is 32.1. The SMILES string of the molecule is CCC(C)C(NC(=O)C(=O)C(C)NC(=O)[C@H](Cc1cncs1)NC(=O)Cc1ccccc1)C(=O)NC(C)(C)C(=O)O. The van der Waals surface area contributed by atoms with Crippen LogP contribution in [0.25, 0.3) is 0 Å². The molecule has 0 radical (unpaired) electrons. The van der Waals surface area contributed by atoms with Crippen molar-refractivity contribution in [3.05, 3.63) is 52.5 Å². The molecule has 41 heavy (non-hydrogen) atoms. The van der Waals surface area contributed by atoms with Crippen molar-refractivity contribution in [2.75, 3.05) is 0 Å². The lowest BCUT2D eigenvalue weighted by atomic mass is 9.96. The van der Waals surface area contributed by atoms with Crippen LogP contribution in [-0.4, -0.2) is 69.1 Å². The van der Waals surface area contributed by atoms with Gasteiger partial charge in [-0.05, 0) is 32.3 Å². The van der Waals surface area contributed by atoms with Crippen LogP contribution in [0.5, 0.6) is 0 Å². The number of carbonyl (C=O) groups is 6. The number of carbonyl (C=O) groups excluding carboxylic acids is 5. The first kappa shape index (κ1) is 33.1. The van der Waals surface area contributed by atoms with Gasteiger partial charge >= 0.3 is 5.97 Å². The minimum atomic E-state index is -1.60. The van der Waals surface area contributed by atoms with E-state index in [4.69, 9.17) is 0 Å². The molecule has 1 aromatic heterocycles. The van der Waals surface area contributed by atoms with Crippen LogP contribution >= 0.6 is 11.3 Å². The predicted octanol–water partition coefficient (Wildman–Crippen LogP) is 0.997. The Kier molecular flexibility index (Phi) is 12.1. The molecule has 2 aromatic rings. The van der Waals surface area contributed by atoms with Crippen LogP contribution in [0, 0.1) is 5.92 Å². The zero-order valence-electron chi connectivity index (χ0n) is 23.7. The number of ketones is 1. The molecule has 2 rings (SSSR count). The normalized spacial score (nSPS) is 14.1. The summed E-state index contributed by atoms with van der Waals surface area (Å²) in [6.07, 6.45) is 2.19. The minimum Gasteiger partial charge on any atom is -0.480 e. The first-order valence-electron chi connectivity index (χ1n) is 13.2.